The van der Waals surface area contributed by atoms with E-state index in [1.807, 2.05) is 0 Å². The number of amides is 2. The van der Waals surface area contributed by atoms with Crippen molar-refractivity contribution >= 4 is 21.7 Å². The fraction of sp³-hybridized carbons (Fsp3) is 0.263. The maximum absolute atomic E-state index is 12.9. The predicted molar refractivity (Wildman–Crippen MR) is 99.5 cm³/mol. The molecule has 0 fully saturated rings. The van der Waals surface area contributed by atoms with E-state index in [1.54, 1.807) is 6.92 Å². The molecule has 0 spiro atoms. The van der Waals surface area contributed by atoms with Crippen LogP contribution in [0.4, 0.5) is 13.2 Å². The number of hydrogen-bond acceptors (Lipinski definition) is 4. The summed E-state index contributed by atoms with van der Waals surface area (Å²) >= 11 is 0. The largest absolute Gasteiger partial charge is 0.350 e. The summed E-state index contributed by atoms with van der Waals surface area (Å²) in [6.45, 7) is 1.75. The first-order chi connectivity index (χ1) is 13.6. The highest BCUT2D eigenvalue weighted by Gasteiger charge is 2.27. The van der Waals surface area contributed by atoms with E-state index in [0.717, 1.165) is 24.3 Å². The second-order valence-corrected chi connectivity index (χ2v) is 7.97. The Morgan fingerprint density at radius 2 is 1.62 bits per heavy atom. The predicted octanol–water partition coefficient (Wildman–Crippen LogP) is 2.60. The maximum Gasteiger partial charge on any atom is 0.341 e. The first-order valence-electron chi connectivity index (χ1n) is 8.57. The lowest BCUT2D eigenvalue weighted by Gasteiger charge is -2.20. The molecule has 0 aromatic heterocycles. The molecule has 0 atom stereocenters. The molecule has 1 N–H and O–H groups in total. The number of likely N-dealkylation sites (N-methyl/N-ethyl adjacent to an activating group) is 1. The average Bonchev–Trinajstić information content (AvgIpc) is 2.71. The molecule has 0 aliphatic rings. The molecule has 2 amide bonds. The standard InChI is InChI=1S/C19H19F3N2O4S/c1-2-24(12-17(25)23-11-13-3-7-15(20)8-4-13)18(26)14-5-9-16(10-6-14)29(27,28)19(21)22/h3-10,19H,2,11-12H2,1H3,(H,23,25). The number of carbonyl (C=O) groups is 2. The van der Waals surface area contributed by atoms with Gasteiger partial charge in [0, 0.05) is 18.7 Å². The van der Waals surface area contributed by atoms with Crippen molar-refractivity contribution in [2.75, 3.05) is 13.1 Å². The molecule has 0 saturated carbocycles. The van der Waals surface area contributed by atoms with Crippen molar-refractivity contribution in [3.8, 4) is 0 Å². The monoisotopic (exact) mass is 428 g/mol. The van der Waals surface area contributed by atoms with Crippen LogP contribution in [0.3, 0.4) is 0 Å². The van der Waals surface area contributed by atoms with E-state index in [1.165, 1.54) is 29.2 Å². The fourth-order valence-electron chi connectivity index (χ4n) is 2.43. The van der Waals surface area contributed by atoms with Crippen molar-refractivity contribution in [2.45, 2.75) is 24.1 Å². The first kappa shape index (κ1) is 22.4. The van der Waals surface area contributed by atoms with Gasteiger partial charge in [-0.25, -0.2) is 12.8 Å². The van der Waals surface area contributed by atoms with Gasteiger partial charge < -0.3 is 10.2 Å². The maximum atomic E-state index is 12.9. The normalized spacial score (nSPS) is 11.3. The van der Waals surface area contributed by atoms with Crippen molar-refractivity contribution in [3.05, 3.63) is 65.5 Å². The highest BCUT2D eigenvalue weighted by atomic mass is 32.2. The first-order valence-corrected chi connectivity index (χ1v) is 10.1. The Morgan fingerprint density at radius 1 is 1.03 bits per heavy atom. The topological polar surface area (TPSA) is 83.6 Å². The summed E-state index contributed by atoms with van der Waals surface area (Å²) in [7, 11) is -4.75. The molecule has 29 heavy (non-hydrogen) atoms. The zero-order chi connectivity index (χ0) is 21.6. The summed E-state index contributed by atoms with van der Waals surface area (Å²) in [6, 6.07) is 9.67. The van der Waals surface area contributed by atoms with Crippen LogP contribution in [0.15, 0.2) is 53.4 Å². The lowest BCUT2D eigenvalue weighted by molar-refractivity contribution is -0.121. The van der Waals surface area contributed by atoms with Crippen LogP contribution < -0.4 is 5.32 Å². The molecule has 2 aromatic carbocycles. The zero-order valence-corrected chi connectivity index (χ0v) is 16.3. The average molecular weight is 428 g/mol. The molecule has 0 saturated heterocycles. The third-order valence-corrected chi connectivity index (χ3v) is 5.47. The van der Waals surface area contributed by atoms with Gasteiger partial charge in [-0.3, -0.25) is 9.59 Å². The smallest absolute Gasteiger partial charge is 0.341 e. The minimum absolute atomic E-state index is 0.0615. The number of sulfone groups is 1. The number of rotatable bonds is 8. The van der Waals surface area contributed by atoms with Gasteiger partial charge in [0.15, 0.2) is 0 Å². The Labute approximate surface area is 166 Å². The van der Waals surface area contributed by atoms with Crippen LogP contribution in [0.1, 0.15) is 22.8 Å². The Kier molecular flexibility index (Phi) is 7.38. The van der Waals surface area contributed by atoms with Crippen LogP contribution in [0.2, 0.25) is 0 Å². The number of alkyl halides is 2. The number of hydrogen-bond donors (Lipinski definition) is 1. The SMILES string of the molecule is CCN(CC(=O)NCc1ccc(F)cc1)C(=O)c1ccc(S(=O)(=O)C(F)F)cc1. The van der Waals surface area contributed by atoms with E-state index in [0.29, 0.717) is 5.56 Å². The van der Waals surface area contributed by atoms with Gasteiger partial charge in [0.2, 0.25) is 15.7 Å². The second-order valence-electron chi connectivity index (χ2n) is 6.05. The van der Waals surface area contributed by atoms with Crippen molar-refractivity contribution in [1.82, 2.24) is 10.2 Å². The molecular formula is C19H19F3N2O4S. The molecule has 156 valence electrons. The van der Waals surface area contributed by atoms with Crippen molar-refractivity contribution < 1.29 is 31.2 Å². The van der Waals surface area contributed by atoms with Gasteiger partial charge in [-0.15, -0.1) is 0 Å². The van der Waals surface area contributed by atoms with E-state index in [9.17, 15) is 31.2 Å². The van der Waals surface area contributed by atoms with E-state index in [4.69, 9.17) is 0 Å². The minimum atomic E-state index is -4.75. The fourth-order valence-corrected chi connectivity index (χ4v) is 3.15. The summed E-state index contributed by atoms with van der Waals surface area (Å²) in [5.74, 6) is -4.94. The Hall–Kier alpha value is -2.88. The van der Waals surface area contributed by atoms with Gasteiger partial charge in [-0.1, -0.05) is 12.1 Å². The minimum Gasteiger partial charge on any atom is -0.350 e. The molecule has 0 aliphatic carbocycles. The van der Waals surface area contributed by atoms with Gasteiger partial charge in [0.25, 0.3) is 5.91 Å². The summed E-state index contributed by atoms with van der Waals surface area (Å²) in [6.07, 6.45) is 0. The molecule has 6 nitrogen and oxygen atoms in total. The van der Waals surface area contributed by atoms with Gasteiger partial charge in [0.1, 0.15) is 5.82 Å². The third kappa shape index (κ3) is 5.80. The molecular weight excluding hydrogens is 409 g/mol. The van der Waals surface area contributed by atoms with Gasteiger partial charge in [-0.2, -0.15) is 8.78 Å². The molecule has 0 unspecified atom stereocenters. The highest BCUT2D eigenvalue weighted by Crippen LogP contribution is 2.19. The third-order valence-electron chi connectivity index (χ3n) is 4.07. The summed E-state index contributed by atoms with van der Waals surface area (Å²) < 4.78 is 60.9. The lowest BCUT2D eigenvalue weighted by atomic mass is 10.2. The Morgan fingerprint density at radius 3 is 2.14 bits per heavy atom. The van der Waals surface area contributed by atoms with Crippen molar-refractivity contribution in [1.29, 1.82) is 0 Å². The number of nitrogens with zero attached hydrogens (tertiary/aromatic N) is 1. The molecule has 0 bridgehead atoms. The van der Waals surface area contributed by atoms with Gasteiger partial charge in [-0.05, 0) is 48.9 Å². The van der Waals surface area contributed by atoms with Crippen molar-refractivity contribution in [3.63, 3.8) is 0 Å². The van der Waals surface area contributed by atoms with Crippen LogP contribution in [-0.4, -0.2) is 44.0 Å². The lowest BCUT2D eigenvalue weighted by Crippen LogP contribution is -2.40. The number of benzene rings is 2. The number of carbonyl (C=O) groups excluding carboxylic acids is 2. The van der Waals surface area contributed by atoms with Crippen LogP contribution in [0, 0.1) is 5.82 Å². The van der Waals surface area contributed by atoms with E-state index >= 15 is 0 Å². The summed E-state index contributed by atoms with van der Waals surface area (Å²) in [5, 5.41) is 2.61. The molecule has 0 aliphatic heterocycles. The van der Waals surface area contributed by atoms with Gasteiger partial charge in [0.05, 0.1) is 11.4 Å². The molecule has 10 heteroatoms. The highest BCUT2D eigenvalue weighted by molar-refractivity contribution is 7.91. The second kappa shape index (κ2) is 9.55. The van der Waals surface area contributed by atoms with E-state index < -0.39 is 38.1 Å². The molecule has 0 radical (unpaired) electrons. The van der Waals surface area contributed by atoms with Gasteiger partial charge >= 0.3 is 5.76 Å². The molecule has 2 rings (SSSR count). The van der Waals surface area contributed by atoms with E-state index in [-0.39, 0.29) is 25.2 Å². The van der Waals surface area contributed by atoms with E-state index in [2.05, 4.69) is 5.32 Å². The Bertz CT molecular complexity index is 962. The van der Waals surface area contributed by atoms with Crippen LogP contribution >= 0.6 is 0 Å². The van der Waals surface area contributed by atoms with Crippen LogP contribution in [-0.2, 0) is 21.2 Å². The van der Waals surface area contributed by atoms with Crippen LogP contribution in [0.5, 0.6) is 0 Å². The van der Waals surface area contributed by atoms with Crippen molar-refractivity contribution in [2.24, 2.45) is 0 Å². The van der Waals surface area contributed by atoms with Crippen LogP contribution in [0.25, 0.3) is 0 Å². The number of halogens is 3. The summed E-state index contributed by atoms with van der Waals surface area (Å²) in [4.78, 5) is 25.3. The Balaban J connectivity index is 2.00. The quantitative estimate of drug-likeness (QED) is 0.701. The summed E-state index contributed by atoms with van der Waals surface area (Å²) in [5.41, 5.74) is 0.747. The molecule has 0 heterocycles. The number of nitrogens with one attached hydrogen (secondary N) is 1. The molecule has 2 aromatic rings. The zero-order valence-electron chi connectivity index (χ0n) is 15.4.